The van der Waals surface area contributed by atoms with Crippen LogP contribution < -0.4 is 0 Å². The van der Waals surface area contributed by atoms with Gasteiger partial charge in [-0.05, 0) is 23.1 Å². The van der Waals surface area contributed by atoms with Crippen LogP contribution >= 0.6 is 0 Å². The number of rotatable bonds is 2. The molecule has 0 aliphatic heterocycles. The third-order valence-corrected chi connectivity index (χ3v) is 2.23. The van der Waals surface area contributed by atoms with Crippen LogP contribution in [0.5, 0.6) is 0 Å². The van der Waals surface area contributed by atoms with E-state index in [1.807, 2.05) is 0 Å². The van der Waals surface area contributed by atoms with Gasteiger partial charge in [-0.1, -0.05) is 26.0 Å². The first-order valence-corrected chi connectivity index (χ1v) is 4.67. The van der Waals surface area contributed by atoms with Gasteiger partial charge in [0.25, 0.3) is 0 Å². The molecule has 1 nitrogen and oxygen atoms in total. The summed E-state index contributed by atoms with van der Waals surface area (Å²) in [5.74, 6) is -0.215. The summed E-state index contributed by atoms with van der Waals surface area (Å²) in [7, 11) is 0. The minimum absolute atomic E-state index is 0.215. The van der Waals surface area contributed by atoms with Crippen LogP contribution in [0.1, 0.15) is 36.5 Å². The summed E-state index contributed by atoms with van der Waals surface area (Å²) in [5, 5.41) is 8.86. The van der Waals surface area contributed by atoms with Crippen LogP contribution in [0.4, 0.5) is 13.2 Å². The van der Waals surface area contributed by atoms with Gasteiger partial charge in [-0.2, -0.15) is 13.2 Å². The Labute approximate surface area is 86.5 Å². The molecule has 0 atom stereocenters. The van der Waals surface area contributed by atoms with Crippen LogP contribution in [0.2, 0.25) is 0 Å². The van der Waals surface area contributed by atoms with Crippen LogP contribution in [0, 0.1) is 0 Å². The van der Waals surface area contributed by atoms with E-state index in [2.05, 4.69) is 0 Å². The van der Waals surface area contributed by atoms with Crippen molar-refractivity contribution in [1.29, 1.82) is 0 Å². The predicted molar refractivity (Wildman–Crippen MR) is 51.5 cm³/mol. The monoisotopic (exact) mass is 218 g/mol. The molecule has 0 radical (unpaired) electrons. The lowest BCUT2D eigenvalue weighted by Crippen LogP contribution is -2.10. The highest BCUT2D eigenvalue weighted by atomic mass is 19.4. The topological polar surface area (TPSA) is 20.2 Å². The van der Waals surface area contributed by atoms with E-state index in [0.29, 0.717) is 5.56 Å². The maximum Gasteiger partial charge on any atom is 0.416 e. The average molecular weight is 218 g/mol. The largest absolute Gasteiger partial charge is 0.416 e. The number of alkyl halides is 3. The number of halogens is 3. The van der Waals surface area contributed by atoms with Crippen molar-refractivity contribution in [1.82, 2.24) is 0 Å². The van der Waals surface area contributed by atoms with E-state index in [4.69, 9.17) is 5.11 Å². The molecule has 4 heteroatoms. The van der Waals surface area contributed by atoms with Gasteiger partial charge in [0.15, 0.2) is 0 Å². The van der Waals surface area contributed by atoms with Crippen molar-refractivity contribution in [3.8, 4) is 0 Å². The molecule has 84 valence electrons. The molecule has 0 aromatic heterocycles. The molecule has 0 fully saturated rings. The van der Waals surface area contributed by atoms with Gasteiger partial charge < -0.3 is 5.11 Å². The van der Waals surface area contributed by atoms with Gasteiger partial charge in [-0.25, -0.2) is 0 Å². The van der Waals surface area contributed by atoms with E-state index in [1.165, 1.54) is 12.1 Å². The van der Waals surface area contributed by atoms with E-state index in [-0.39, 0.29) is 18.1 Å². The van der Waals surface area contributed by atoms with E-state index in [9.17, 15) is 13.2 Å². The fraction of sp³-hybridized carbons (Fsp3) is 0.455. The standard InChI is InChI=1S/C11H13F3O/c1-7(2)9-5-8(6-15)3-4-10(9)11(12,13)14/h3-5,7,15H,6H2,1-2H3. The van der Waals surface area contributed by atoms with Gasteiger partial charge in [0, 0.05) is 0 Å². The average Bonchev–Trinajstić information content (AvgIpc) is 2.15. The molecule has 0 saturated heterocycles. The van der Waals surface area contributed by atoms with Crippen LogP contribution in [0.3, 0.4) is 0 Å². The Balaban J connectivity index is 3.28. The molecule has 0 aliphatic rings. The zero-order chi connectivity index (χ0) is 11.6. The Hall–Kier alpha value is -1.03. The zero-order valence-corrected chi connectivity index (χ0v) is 8.60. The number of aliphatic hydroxyl groups excluding tert-OH is 1. The highest BCUT2D eigenvalue weighted by Crippen LogP contribution is 2.35. The molecule has 0 spiro atoms. The smallest absolute Gasteiger partial charge is 0.392 e. The van der Waals surface area contributed by atoms with Crippen molar-refractivity contribution < 1.29 is 18.3 Å². The Kier molecular flexibility index (Phi) is 3.39. The Bertz CT molecular complexity index is 342. The Morgan fingerprint density at radius 2 is 1.87 bits per heavy atom. The molecule has 15 heavy (non-hydrogen) atoms. The summed E-state index contributed by atoms with van der Waals surface area (Å²) < 4.78 is 37.7. The quantitative estimate of drug-likeness (QED) is 0.807. The van der Waals surface area contributed by atoms with Crippen molar-refractivity contribution in [2.24, 2.45) is 0 Å². The van der Waals surface area contributed by atoms with Gasteiger partial charge >= 0.3 is 6.18 Å². The third-order valence-electron chi connectivity index (χ3n) is 2.23. The van der Waals surface area contributed by atoms with Crippen molar-refractivity contribution >= 4 is 0 Å². The lowest BCUT2D eigenvalue weighted by Gasteiger charge is -2.16. The molecule has 0 bridgehead atoms. The summed E-state index contributed by atoms with van der Waals surface area (Å²) in [5.41, 5.74) is 0.121. The van der Waals surface area contributed by atoms with E-state index in [0.717, 1.165) is 6.07 Å². The summed E-state index contributed by atoms with van der Waals surface area (Å²) >= 11 is 0. The molecule has 0 amide bonds. The molecule has 1 aromatic carbocycles. The number of aliphatic hydroxyl groups is 1. The maximum absolute atomic E-state index is 12.6. The third kappa shape index (κ3) is 2.72. The van der Waals surface area contributed by atoms with Gasteiger partial charge in [0.2, 0.25) is 0 Å². The van der Waals surface area contributed by atoms with Gasteiger partial charge in [-0.3, -0.25) is 0 Å². The molecule has 0 saturated carbocycles. The molecule has 1 N–H and O–H groups in total. The Morgan fingerprint density at radius 3 is 2.27 bits per heavy atom. The molecule has 1 rings (SSSR count). The van der Waals surface area contributed by atoms with Crippen LogP contribution in [-0.4, -0.2) is 5.11 Å². The van der Waals surface area contributed by atoms with Crippen molar-refractivity contribution in [3.05, 3.63) is 34.9 Å². The van der Waals surface area contributed by atoms with Crippen LogP contribution in [0.15, 0.2) is 18.2 Å². The van der Waals surface area contributed by atoms with Crippen LogP contribution in [0.25, 0.3) is 0 Å². The second-order valence-corrected chi connectivity index (χ2v) is 3.73. The minimum Gasteiger partial charge on any atom is -0.392 e. The van der Waals surface area contributed by atoms with Crippen LogP contribution in [-0.2, 0) is 12.8 Å². The summed E-state index contributed by atoms with van der Waals surface area (Å²) in [6.07, 6.45) is -4.33. The number of hydrogen-bond donors (Lipinski definition) is 1. The first kappa shape index (κ1) is 12.0. The van der Waals surface area contributed by atoms with Gasteiger partial charge in [0.05, 0.1) is 12.2 Å². The fourth-order valence-corrected chi connectivity index (χ4v) is 1.45. The summed E-state index contributed by atoms with van der Waals surface area (Å²) in [4.78, 5) is 0. The van der Waals surface area contributed by atoms with Crippen molar-refractivity contribution in [2.75, 3.05) is 0 Å². The van der Waals surface area contributed by atoms with Gasteiger partial charge in [-0.15, -0.1) is 0 Å². The van der Waals surface area contributed by atoms with E-state index < -0.39 is 11.7 Å². The molecule has 0 aliphatic carbocycles. The highest BCUT2D eigenvalue weighted by Gasteiger charge is 2.33. The summed E-state index contributed by atoms with van der Waals surface area (Å²) in [6.45, 7) is 3.16. The van der Waals surface area contributed by atoms with E-state index >= 15 is 0 Å². The number of benzene rings is 1. The first-order chi connectivity index (χ1) is 6.86. The lowest BCUT2D eigenvalue weighted by atomic mass is 9.95. The lowest BCUT2D eigenvalue weighted by molar-refractivity contribution is -0.138. The van der Waals surface area contributed by atoms with Crippen molar-refractivity contribution in [3.63, 3.8) is 0 Å². The second-order valence-electron chi connectivity index (χ2n) is 3.73. The molecule has 1 aromatic rings. The first-order valence-electron chi connectivity index (χ1n) is 4.67. The van der Waals surface area contributed by atoms with Gasteiger partial charge in [0.1, 0.15) is 0 Å². The molecule has 0 unspecified atom stereocenters. The summed E-state index contributed by atoms with van der Waals surface area (Å²) in [6, 6.07) is 3.74. The maximum atomic E-state index is 12.6. The zero-order valence-electron chi connectivity index (χ0n) is 8.60. The molecule has 0 heterocycles. The normalized spacial score (nSPS) is 12.2. The van der Waals surface area contributed by atoms with E-state index in [1.54, 1.807) is 13.8 Å². The SMILES string of the molecule is CC(C)c1cc(CO)ccc1C(F)(F)F. The van der Waals surface area contributed by atoms with Crippen molar-refractivity contribution in [2.45, 2.75) is 32.5 Å². The fourth-order valence-electron chi connectivity index (χ4n) is 1.45. The highest BCUT2D eigenvalue weighted by molar-refractivity contribution is 5.35. The second kappa shape index (κ2) is 4.23. The predicted octanol–water partition coefficient (Wildman–Crippen LogP) is 3.32. The minimum atomic E-state index is -4.33. The Morgan fingerprint density at radius 1 is 1.27 bits per heavy atom. The number of hydrogen-bond acceptors (Lipinski definition) is 1. The molecular weight excluding hydrogens is 205 g/mol. The molecular formula is C11H13F3O.